The van der Waals surface area contributed by atoms with E-state index in [1.807, 2.05) is 30.3 Å². The number of benzene rings is 2. The van der Waals surface area contributed by atoms with Crippen molar-refractivity contribution in [3.8, 4) is 0 Å². The molecule has 0 atom stereocenters. The Morgan fingerprint density at radius 1 is 1.15 bits per heavy atom. The largest absolute Gasteiger partial charge is 0.445 e. The molecule has 26 heavy (non-hydrogen) atoms. The van der Waals surface area contributed by atoms with Gasteiger partial charge in [-0.1, -0.05) is 42.5 Å². The molecular formula is C19H19F3N2O2. The molecule has 0 bridgehead atoms. The van der Waals surface area contributed by atoms with Crippen LogP contribution in [0.25, 0.3) is 6.08 Å². The number of alkyl halides is 3. The average Bonchev–Trinajstić information content (AvgIpc) is 2.59. The third-order valence-electron chi connectivity index (χ3n) is 3.47. The lowest BCUT2D eigenvalue weighted by Crippen LogP contribution is -2.24. The molecule has 7 heteroatoms. The highest BCUT2D eigenvalue weighted by Gasteiger charge is 2.32. The predicted molar refractivity (Wildman–Crippen MR) is 94.1 cm³/mol. The Bertz CT molecular complexity index is 759. The molecular weight excluding hydrogens is 345 g/mol. The van der Waals surface area contributed by atoms with Crippen molar-refractivity contribution in [3.63, 3.8) is 0 Å². The maximum Gasteiger partial charge on any atom is 0.416 e. The third kappa shape index (κ3) is 6.16. The predicted octanol–water partition coefficient (Wildman–Crippen LogP) is 4.62. The summed E-state index contributed by atoms with van der Waals surface area (Å²) in [5.74, 6) is 0. The fourth-order valence-corrected chi connectivity index (χ4v) is 2.22. The summed E-state index contributed by atoms with van der Waals surface area (Å²) in [6.45, 7) is 0.397. The number of amides is 1. The van der Waals surface area contributed by atoms with Gasteiger partial charge < -0.3 is 15.8 Å². The number of halogens is 3. The number of nitrogens with two attached hydrogens (primary N) is 1. The van der Waals surface area contributed by atoms with Gasteiger partial charge in [-0.25, -0.2) is 4.79 Å². The zero-order valence-corrected chi connectivity index (χ0v) is 13.9. The molecule has 1 amide bonds. The van der Waals surface area contributed by atoms with Crippen LogP contribution in [0.3, 0.4) is 0 Å². The Labute approximate surface area is 149 Å². The van der Waals surface area contributed by atoms with Gasteiger partial charge in [0.1, 0.15) is 6.61 Å². The van der Waals surface area contributed by atoms with E-state index in [2.05, 4.69) is 5.32 Å². The molecule has 3 N–H and O–H groups in total. The van der Waals surface area contributed by atoms with Crippen molar-refractivity contribution < 1.29 is 22.7 Å². The van der Waals surface area contributed by atoms with E-state index in [1.165, 1.54) is 18.2 Å². The van der Waals surface area contributed by atoms with Crippen molar-refractivity contribution in [1.29, 1.82) is 0 Å². The lowest BCUT2D eigenvalue weighted by atomic mass is 10.1. The van der Waals surface area contributed by atoms with Crippen molar-refractivity contribution in [2.75, 3.05) is 12.3 Å². The minimum Gasteiger partial charge on any atom is -0.445 e. The summed E-state index contributed by atoms with van der Waals surface area (Å²) in [6.07, 6.45) is -1.79. The molecule has 0 fully saturated rings. The maximum atomic E-state index is 12.9. The first-order valence-electron chi connectivity index (χ1n) is 7.94. The summed E-state index contributed by atoms with van der Waals surface area (Å²) in [5.41, 5.74) is 5.90. The summed E-state index contributed by atoms with van der Waals surface area (Å²) < 4.78 is 43.8. The van der Waals surface area contributed by atoms with Crippen LogP contribution in [0, 0.1) is 0 Å². The van der Waals surface area contributed by atoms with Crippen LogP contribution in [0.4, 0.5) is 23.7 Å². The quantitative estimate of drug-likeness (QED) is 0.581. The number of carbonyl (C=O) groups excluding carboxylic acids is 1. The van der Waals surface area contributed by atoms with E-state index in [4.69, 9.17) is 10.5 Å². The Balaban J connectivity index is 1.79. The molecule has 138 valence electrons. The van der Waals surface area contributed by atoms with Crippen LogP contribution >= 0.6 is 0 Å². The third-order valence-corrected chi connectivity index (χ3v) is 3.47. The number of alkyl carbamates (subject to hydrolysis) is 1. The van der Waals surface area contributed by atoms with Crippen molar-refractivity contribution in [3.05, 3.63) is 71.3 Å². The molecule has 0 aromatic heterocycles. The molecule has 0 spiro atoms. The topological polar surface area (TPSA) is 64.3 Å². The molecule has 2 aromatic carbocycles. The van der Waals surface area contributed by atoms with Gasteiger partial charge in [0.2, 0.25) is 0 Å². The molecule has 0 saturated carbocycles. The number of ether oxygens (including phenoxy) is 1. The molecule has 4 nitrogen and oxygen atoms in total. The maximum absolute atomic E-state index is 12.9. The summed E-state index contributed by atoms with van der Waals surface area (Å²) >= 11 is 0. The van der Waals surface area contributed by atoms with Crippen LogP contribution in [0.5, 0.6) is 0 Å². The Morgan fingerprint density at radius 3 is 2.58 bits per heavy atom. The number of hydrogen-bond acceptors (Lipinski definition) is 3. The van der Waals surface area contributed by atoms with Crippen LogP contribution < -0.4 is 11.1 Å². The SMILES string of the molecule is Nc1ccc(C(F)(F)F)c(C=CCCNC(=O)OCc2ccccc2)c1. The number of nitrogens with one attached hydrogen (secondary N) is 1. The van der Waals surface area contributed by atoms with Crippen LogP contribution in [0.1, 0.15) is 23.1 Å². The summed E-state index contributed by atoms with van der Waals surface area (Å²) in [4.78, 5) is 11.6. The Kier molecular flexibility index (Phi) is 6.66. The first-order valence-corrected chi connectivity index (χ1v) is 7.94. The van der Waals surface area contributed by atoms with E-state index in [9.17, 15) is 18.0 Å². The highest BCUT2D eigenvalue weighted by Crippen LogP contribution is 2.33. The van der Waals surface area contributed by atoms with Crippen LogP contribution in [0.15, 0.2) is 54.6 Å². The number of hydrogen-bond donors (Lipinski definition) is 2. The zero-order chi connectivity index (χ0) is 19.0. The smallest absolute Gasteiger partial charge is 0.416 e. The van der Waals surface area contributed by atoms with Crippen LogP contribution in [0.2, 0.25) is 0 Å². The highest BCUT2D eigenvalue weighted by atomic mass is 19.4. The van der Waals surface area contributed by atoms with Crippen molar-refractivity contribution in [1.82, 2.24) is 5.32 Å². The first kappa shape index (κ1) is 19.4. The number of nitrogen functional groups attached to an aromatic ring is 1. The number of rotatable bonds is 6. The fraction of sp³-hybridized carbons (Fsp3) is 0.211. The van der Waals surface area contributed by atoms with Gasteiger partial charge in [0.25, 0.3) is 0 Å². The van der Waals surface area contributed by atoms with Gasteiger partial charge in [0.15, 0.2) is 0 Å². The van der Waals surface area contributed by atoms with Gasteiger partial charge in [-0.2, -0.15) is 13.2 Å². The fourth-order valence-electron chi connectivity index (χ4n) is 2.22. The van der Waals surface area contributed by atoms with E-state index >= 15 is 0 Å². The van der Waals surface area contributed by atoms with Crippen molar-refractivity contribution in [2.24, 2.45) is 0 Å². The van der Waals surface area contributed by atoms with Gasteiger partial charge in [-0.3, -0.25) is 0 Å². The molecule has 0 aliphatic carbocycles. The van der Waals surface area contributed by atoms with Gasteiger partial charge in [-0.15, -0.1) is 0 Å². The summed E-state index contributed by atoms with van der Waals surface area (Å²) in [7, 11) is 0. The van der Waals surface area contributed by atoms with Gasteiger partial charge in [0, 0.05) is 12.2 Å². The normalized spacial score (nSPS) is 11.5. The second-order valence-corrected chi connectivity index (χ2v) is 5.52. The molecule has 0 heterocycles. The van der Waals surface area contributed by atoms with Gasteiger partial charge in [0.05, 0.1) is 5.56 Å². The molecule has 2 aromatic rings. The first-order chi connectivity index (χ1) is 12.4. The molecule has 2 rings (SSSR count). The Morgan fingerprint density at radius 2 is 1.88 bits per heavy atom. The number of anilines is 1. The highest BCUT2D eigenvalue weighted by molar-refractivity contribution is 5.67. The van der Waals surface area contributed by atoms with Crippen LogP contribution in [-0.4, -0.2) is 12.6 Å². The van der Waals surface area contributed by atoms with E-state index in [1.54, 1.807) is 6.08 Å². The minimum atomic E-state index is -4.45. The second-order valence-electron chi connectivity index (χ2n) is 5.52. The molecule has 0 radical (unpaired) electrons. The van der Waals surface area contributed by atoms with Gasteiger partial charge in [-0.05, 0) is 35.7 Å². The van der Waals surface area contributed by atoms with E-state index in [0.29, 0.717) is 6.42 Å². The van der Waals surface area contributed by atoms with Crippen LogP contribution in [-0.2, 0) is 17.5 Å². The monoisotopic (exact) mass is 364 g/mol. The van der Waals surface area contributed by atoms with E-state index < -0.39 is 17.8 Å². The van der Waals surface area contributed by atoms with Crippen molar-refractivity contribution >= 4 is 17.9 Å². The molecule has 0 unspecified atom stereocenters. The van der Waals surface area contributed by atoms with E-state index in [0.717, 1.165) is 11.6 Å². The van der Waals surface area contributed by atoms with Gasteiger partial charge >= 0.3 is 12.3 Å². The summed E-state index contributed by atoms with van der Waals surface area (Å²) in [5, 5.41) is 2.54. The van der Waals surface area contributed by atoms with E-state index in [-0.39, 0.29) is 24.4 Å². The number of carbonyl (C=O) groups is 1. The Hall–Kier alpha value is -2.96. The lowest BCUT2D eigenvalue weighted by molar-refractivity contribution is -0.137. The minimum absolute atomic E-state index is 0.0100. The molecule has 0 aliphatic rings. The standard InChI is InChI=1S/C19H19F3N2O2/c20-19(21,22)17-10-9-16(23)12-15(17)8-4-5-11-24-18(25)26-13-14-6-2-1-3-7-14/h1-4,6-10,12H,5,11,13,23H2,(H,24,25). The summed E-state index contributed by atoms with van der Waals surface area (Å²) in [6, 6.07) is 12.6. The van der Waals surface area contributed by atoms with Crippen molar-refractivity contribution in [2.45, 2.75) is 19.2 Å². The second kappa shape index (κ2) is 8.94. The molecule has 0 saturated heterocycles. The molecule has 0 aliphatic heterocycles. The average molecular weight is 364 g/mol. The lowest BCUT2D eigenvalue weighted by Gasteiger charge is -2.11. The zero-order valence-electron chi connectivity index (χ0n) is 13.9.